The molecule has 6 heteroatoms. The van der Waals surface area contributed by atoms with Gasteiger partial charge in [-0.2, -0.15) is 0 Å². The number of pyridine rings is 1. The molecule has 2 aromatic rings. The number of aromatic nitrogens is 1. The van der Waals surface area contributed by atoms with Crippen molar-refractivity contribution in [1.82, 2.24) is 14.8 Å². The summed E-state index contributed by atoms with van der Waals surface area (Å²) in [6.45, 7) is 2.21. The van der Waals surface area contributed by atoms with Gasteiger partial charge in [-0.05, 0) is 24.3 Å². The number of nitrogens with zero attached hydrogens (tertiary/aromatic N) is 3. The van der Waals surface area contributed by atoms with Gasteiger partial charge in [-0.15, -0.1) is 0 Å². The first kappa shape index (κ1) is 17.1. The van der Waals surface area contributed by atoms with E-state index in [2.05, 4.69) is 4.98 Å². The molecule has 1 aromatic carbocycles. The number of carbonyl (C=O) groups excluding carboxylic acids is 2. The van der Waals surface area contributed by atoms with Crippen molar-refractivity contribution >= 4 is 11.8 Å². The second-order valence-corrected chi connectivity index (χ2v) is 5.90. The molecule has 0 aliphatic carbocycles. The molecular weight excluding hydrogens is 318 g/mol. The lowest BCUT2D eigenvalue weighted by atomic mass is 10.1. The first-order valence-corrected chi connectivity index (χ1v) is 8.26. The Hall–Kier alpha value is -2.73. The summed E-state index contributed by atoms with van der Waals surface area (Å²) < 4.78 is 4.88. The first-order valence-electron chi connectivity index (χ1n) is 8.26. The van der Waals surface area contributed by atoms with E-state index in [0.29, 0.717) is 31.7 Å². The van der Waals surface area contributed by atoms with Crippen LogP contribution in [-0.4, -0.2) is 66.5 Å². The Morgan fingerprint density at radius 2 is 1.80 bits per heavy atom. The largest absolute Gasteiger partial charge is 0.375 e. The van der Waals surface area contributed by atoms with Gasteiger partial charge < -0.3 is 14.5 Å². The van der Waals surface area contributed by atoms with Gasteiger partial charge in [0.05, 0.1) is 5.69 Å². The van der Waals surface area contributed by atoms with Gasteiger partial charge in [-0.25, -0.2) is 0 Å². The second-order valence-electron chi connectivity index (χ2n) is 5.90. The SMILES string of the molecule is COCC(=O)N1CCN(C(=O)c2cccc(-c3ccccn3)c2)CC1. The number of rotatable bonds is 4. The highest BCUT2D eigenvalue weighted by Gasteiger charge is 2.24. The van der Waals surface area contributed by atoms with Crippen LogP contribution in [0.15, 0.2) is 48.7 Å². The molecule has 25 heavy (non-hydrogen) atoms. The fourth-order valence-electron chi connectivity index (χ4n) is 2.90. The van der Waals surface area contributed by atoms with Gasteiger partial charge in [-0.1, -0.05) is 18.2 Å². The molecule has 0 unspecified atom stereocenters. The highest BCUT2D eigenvalue weighted by molar-refractivity contribution is 5.95. The van der Waals surface area contributed by atoms with E-state index in [9.17, 15) is 9.59 Å². The number of benzene rings is 1. The molecular formula is C19H21N3O3. The minimum absolute atomic E-state index is 0.0170. The van der Waals surface area contributed by atoms with Crippen molar-refractivity contribution in [3.8, 4) is 11.3 Å². The Kier molecular flexibility index (Phi) is 5.40. The number of piperazine rings is 1. The van der Waals surface area contributed by atoms with Crippen molar-refractivity contribution < 1.29 is 14.3 Å². The molecule has 1 aliphatic heterocycles. The van der Waals surface area contributed by atoms with Crippen molar-refractivity contribution in [1.29, 1.82) is 0 Å². The maximum atomic E-state index is 12.8. The predicted octanol–water partition coefficient (Wildman–Crippen LogP) is 1.68. The minimum atomic E-state index is -0.0354. The maximum Gasteiger partial charge on any atom is 0.253 e. The molecule has 0 spiro atoms. The number of hydrogen-bond donors (Lipinski definition) is 0. The third-order valence-electron chi connectivity index (χ3n) is 4.26. The van der Waals surface area contributed by atoms with Gasteiger partial charge in [0.15, 0.2) is 0 Å². The second kappa shape index (κ2) is 7.90. The van der Waals surface area contributed by atoms with Crippen LogP contribution in [0.2, 0.25) is 0 Å². The lowest BCUT2D eigenvalue weighted by molar-refractivity contribution is -0.136. The summed E-state index contributed by atoms with van der Waals surface area (Å²) in [7, 11) is 1.51. The van der Waals surface area contributed by atoms with E-state index in [1.54, 1.807) is 16.0 Å². The Balaban J connectivity index is 1.67. The monoisotopic (exact) mass is 339 g/mol. The zero-order valence-corrected chi connectivity index (χ0v) is 14.2. The highest BCUT2D eigenvalue weighted by Crippen LogP contribution is 2.19. The molecule has 1 saturated heterocycles. The van der Waals surface area contributed by atoms with Crippen LogP contribution < -0.4 is 0 Å². The summed E-state index contributed by atoms with van der Waals surface area (Å²) in [5.74, 6) is -0.0524. The van der Waals surface area contributed by atoms with E-state index < -0.39 is 0 Å². The molecule has 0 atom stereocenters. The molecule has 1 aromatic heterocycles. The van der Waals surface area contributed by atoms with E-state index in [-0.39, 0.29) is 18.4 Å². The lowest BCUT2D eigenvalue weighted by Gasteiger charge is -2.34. The van der Waals surface area contributed by atoms with E-state index in [1.807, 2.05) is 42.5 Å². The molecule has 2 heterocycles. The van der Waals surface area contributed by atoms with Gasteiger partial charge in [0.25, 0.3) is 5.91 Å². The zero-order valence-electron chi connectivity index (χ0n) is 14.2. The van der Waals surface area contributed by atoms with Gasteiger partial charge in [0.2, 0.25) is 5.91 Å². The molecule has 0 N–H and O–H groups in total. The molecule has 130 valence electrons. The van der Waals surface area contributed by atoms with Gasteiger partial charge in [0, 0.05) is 50.6 Å². The molecule has 2 amide bonds. The topological polar surface area (TPSA) is 62.7 Å². The van der Waals surface area contributed by atoms with Crippen LogP contribution in [0, 0.1) is 0 Å². The number of amides is 2. The summed E-state index contributed by atoms with van der Waals surface area (Å²) in [5, 5.41) is 0. The lowest BCUT2D eigenvalue weighted by Crippen LogP contribution is -2.51. The molecule has 0 saturated carbocycles. The average molecular weight is 339 g/mol. The Bertz CT molecular complexity index is 741. The molecule has 1 aliphatic rings. The summed E-state index contributed by atoms with van der Waals surface area (Å²) >= 11 is 0. The molecule has 1 fully saturated rings. The fraction of sp³-hybridized carbons (Fsp3) is 0.316. The Morgan fingerprint density at radius 1 is 1.04 bits per heavy atom. The van der Waals surface area contributed by atoms with E-state index in [4.69, 9.17) is 4.74 Å². The standard InChI is InChI=1S/C19H21N3O3/c1-25-14-18(23)21-9-11-22(12-10-21)19(24)16-6-4-5-15(13-16)17-7-2-3-8-20-17/h2-8,13H,9-12,14H2,1H3. The summed E-state index contributed by atoms with van der Waals surface area (Å²) in [6.07, 6.45) is 1.74. The molecule has 6 nitrogen and oxygen atoms in total. The molecule has 3 rings (SSSR count). The van der Waals surface area contributed by atoms with E-state index in [0.717, 1.165) is 11.3 Å². The summed E-state index contributed by atoms with van der Waals surface area (Å²) in [5.41, 5.74) is 2.40. The third-order valence-corrected chi connectivity index (χ3v) is 4.26. The minimum Gasteiger partial charge on any atom is -0.375 e. The van der Waals surface area contributed by atoms with Crippen molar-refractivity contribution in [2.45, 2.75) is 0 Å². The van der Waals surface area contributed by atoms with Crippen molar-refractivity contribution in [3.63, 3.8) is 0 Å². The van der Waals surface area contributed by atoms with E-state index in [1.165, 1.54) is 7.11 Å². The van der Waals surface area contributed by atoms with Crippen LogP contribution in [0.4, 0.5) is 0 Å². The van der Waals surface area contributed by atoms with Crippen molar-refractivity contribution in [3.05, 3.63) is 54.2 Å². The molecule has 0 radical (unpaired) electrons. The maximum absolute atomic E-state index is 12.8. The normalized spacial score (nSPS) is 14.4. The quantitative estimate of drug-likeness (QED) is 0.850. The third kappa shape index (κ3) is 4.03. The Labute approximate surface area is 147 Å². The highest BCUT2D eigenvalue weighted by atomic mass is 16.5. The van der Waals surface area contributed by atoms with Gasteiger partial charge >= 0.3 is 0 Å². The van der Waals surface area contributed by atoms with Gasteiger partial charge in [0.1, 0.15) is 6.61 Å². The summed E-state index contributed by atoms with van der Waals surface area (Å²) in [4.78, 5) is 32.4. The van der Waals surface area contributed by atoms with Gasteiger partial charge in [-0.3, -0.25) is 14.6 Å². The molecule has 0 bridgehead atoms. The van der Waals surface area contributed by atoms with Crippen LogP contribution in [-0.2, 0) is 9.53 Å². The zero-order chi connectivity index (χ0) is 17.6. The predicted molar refractivity (Wildman–Crippen MR) is 94.0 cm³/mol. The smallest absolute Gasteiger partial charge is 0.253 e. The summed E-state index contributed by atoms with van der Waals surface area (Å²) in [6, 6.07) is 13.2. The van der Waals surface area contributed by atoms with Crippen molar-refractivity contribution in [2.24, 2.45) is 0 Å². The van der Waals surface area contributed by atoms with Crippen LogP contribution in [0.1, 0.15) is 10.4 Å². The van der Waals surface area contributed by atoms with Crippen molar-refractivity contribution in [2.75, 3.05) is 39.9 Å². The van der Waals surface area contributed by atoms with E-state index >= 15 is 0 Å². The number of ether oxygens (including phenoxy) is 1. The van der Waals surface area contributed by atoms with Crippen LogP contribution in [0.5, 0.6) is 0 Å². The van der Waals surface area contributed by atoms with Crippen LogP contribution in [0.25, 0.3) is 11.3 Å². The number of methoxy groups -OCH3 is 1. The first-order chi connectivity index (χ1) is 12.2. The number of hydrogen-bond acceptors (Lipinski definition) is 4. The van der Waals surface area contributed by atoms with Crippen LogP contribution >= 0.6 is 0 Å². The fourth-order valence-corrected chi connectivity index (χ4v) is 2.90. The average Bonchev–Trinajstić information content (AvgIpc) is 2.68. The Morgan fingerprint density at radius 3 is 2.48 bits per heavy atom. The van der Waals surface area contributed by atoms with Crippen LogP contribution in [0.3, 0.4) is 0 Å². The number of carbonyl (C=O) groups is 2.